The van der Waals surface area contributed by atoms with E-state index < -0.39 is 10.1 Å². The molecule has 14 heavy (non-hydrogen) atoms. The Bertz CT molecular complexity index is 434. The number of aromatic nitrogens is 1. The van der Waals surface area contributed by atoms with E-state index in [-0.39, 0.29) is 0 Å². The highest BCUT2D eigenvalue weighted by atomic mass is 32.2. The molecule has 0 aliphatic rings. The lowest BCUT2D eigenvalue weighted by atomic mass is 10.3. The van der Waals surface area contributed by atoms with E-state index in [4.69, 9.17) is 0 Å². The molecule has 5 heteroatoms. The van der Waals surface area contributed by atoms with E-state index in [0.717, 1.165) is 15.7 Å². The van der Waals surface area contributed by atoms with Crippen molar-refractivity contribution < 1.29 is 17.4 Å². The Hall–Kier alpha value is -1.62. The number of hydrogen-bond acceptors (Lipinski definition) is 3. The molecule has 1 aromatic heterocycles. The van der Waals surface area contributed by atoms with Crippen LogP contribution in [0, 0.1) is 0 Å². The van der Waals surface area contributed by atoms with E-state index in [1.54, 1.807) is 18.2 Å². The number of nitrogens with zero attached hydrogens (tertiary/aromatic N) is 1. The fourth-order valence-electron chi connectivity index (χ4n) is 0.760. The third-order valence-electron chi connectivity index (χ3n) is 1.46. The normalized spacial score (nSPS) is 10.6. The van der Waals surface area contributed by atoms with Gasteiger partial charge in [-0.25, -0.2) is 0 Å². The summed E-state index contributed by atoms with van der Waals surface area (Å²) in [5.41, 5.74) is 0.876. The summed E-state index contributed by atoms with van der Waals surface area (Å²) < 4.78 is 27.5. The monoisotopic (exact) mass is 212 g/mol. The van der Waals surface area contributed by atoms with Gasteiger partial charge in [-0.1, -0.05) is 19.2 Å². The molecule has 1 rings (SSSR count). The molecule has 0 aliphatic carbocycles. The molecule has 0 saturated heterocycles. The van der Waals surface area contributed by atoms with Crippen LogP contribution in [0.2, 0.25) is 0 Å². The molecule has 0 amide bonds. The average Bonchev–Trinajstić information content (AvgIpc) is 2.19. The summed E-state index contributed by atoms with van der Waals surface area (Å²) in [6.45, 7) is 6.69. The smallest absolute Gasteiger partial charge is 0.176 e. The quantitative estimate of drug-likeness (QED) is 0.683. The van der Waals surface area contributed by atoms with Crippen LogP contribution >= 0.6 is 0 Å². The first-order valence-corrected chi connectivity index (χ1v) is 5.26. The van der Waals surface area contributed by atoms with Crippen molar-refractivity contribution in [2.45, 2.75) is 0 Å². The fourth-order valence-corrected chi connectivity index (χ4v) is 1.16. The highest BCUT2D eigenvalue weighted by molar-refractivity contribution is 7.89. The molecule has 0 radical (unpaired) electrons. The third-order valence-corrected chi connectivity index (χ3v) is 2.25. The molecule has 0 N–H and O–H groups in total. The third kappa shape index (κ3) is 2.70. The first-order valence-electron chi connectivity index (χ1n) is 3.78. The van der Waals surface area contributed by atoms with Gasteiger partial charge in [-0.2, -0.15) is 8.42 Å². The maximum Gasteiger partial charge on any atom is 0.388 e. The van der Waals surface area contributed by atoms with E-state index in [9.17, 15) is 8.42 Å². The summed E-state index contributed by atoms with van der Waals surface area (Å²) in [6, 6.07) is 3.34. The SMILES string of the molecule is C=Cc1cc[n+](OS(=O)(=O)C=C)cc1. The van der Waals surface area contributed by atoms with E-state index >= 15 is 0 Å². The van der Waals surface area contributed by atoms with Gasteiger partial charge in [0.25, 0.3) is 0 Å². The lowest BCUT2D eigenvalue weighted by Gasteiger charge is -1.94. The lowest BCUT2D eigenvalue weighted by Crippen LogP contribution is -2.44. The molecule has 0 unspecified atom stereocenters. The van der Waals surface area contributed by atoms with Crippen molar-refractivity contribution in [3.05, 3.63) is 48.7 Å². The first-order chi connectivity index (χ1) is 6.57. The van der Waals surface area contributed by atoms with Gasteiger partial charge in [0.15, 0.2) is 0 Å². The van der Waals surface area contributed by atoms with Crippen LogP contribution in [-0.2, 0) is 10.1 Å². The molecule has 74 valence electrons. The molecule has 0 aliphatic heterocycles. The zero-order valence-electron chi connectivity index (χ0n) is 7.46. The summed E-state index contributed by atoms with van der Waals surface area (Å²) in [7, 11) is -3.69. The minimum atomic E-state index is -3.69. The minimum absolute atomic E-state index is 0.738. The number of pyridine rings is 1. The predicted octanol–water partition coefficient (Wildman–Crippen LogP) is 0.519. The second-order valence-electron chi connectivity index (χ2n) is 2.43. The van der Waals surface area contributed by atoms with Gasteiger partial charge in [0.1, 0.15) is 0 Å². The lowest BCUT2D eigenvalue weighted by molar-refractivity contribution is -0.856. The van der Waals surface area contributed by atoms with Gasteiger partial charge >= 0.3 is 10.1 Å². The molecule has 4 nitrogen and oxygen atoms in total. The summed E-state index contributed by atoms with van der Waals surface area (Å²) in [5, 5.41) is 0.738. The molecule has 1 heterocycles. The Kier molecular flexibility index (Phi) is 3.03. The Morgan fingerprint density at radius 1 is 1.29 bits per heavy atom. The van der Waals surface area contributed by atoms with Crippen LogP contribution in [0.3, 0.4) is 0 Å². The Morgan fingerprint density at radius 2 is 1.86 bits per heavy atom. The van der Waals surface area contributed by atoms with Crippen LogP contribution in [0.4, 0.5) is 0 Å². The second-order valence-corrected chi connectivity index (χ2v) is 3.90. The van der Waals surface area contributed by atoms with Crippen LogP contribution in [0.5, 0.6) is 0 Å². The largest absolute Gasteiger partial charge is 0.388 e. The maximum atomic E-state index is 10.9. The molecule has 0 atom stereocenters. The molecule has 0 saturated carbocycles. The van der Waals surface area contributed by atoms with Crippen molar-refractivity contribution in [1.82, 2.24) is 0 Å². The molecule has 0 aromatic carbocycles. The van der Waals surface area contributed by atoms with Gasteiger partial charge in [-0.05, 0) is 5.56 Å². The summed E-state index contributed by atoms with van der Waals surface area (Å²) in [6.07, 6.45) is 4.59. The van der Waals surface area contributed by atoms with Crippen molar-refractivity contribution in [3.63, 3.8) is 0 Å². The van der Waals surface area contributed by atoms with Crippen LogP contribution in [-0.4, -0.2) is 8.42 Å². The zero-order chi connectivity index (χ0) is 10.6. The molecule has 0 bridgehead atoms. The van der Waals surface area contributed by atoms with Gasteiger partial charge < -0.3 is 0 Å². The first kappa shape index (κ1) is 10.5. The molecular formula is C9H10NO3S+. The van der Waals surface area contributed by atoms with E-state index in [0.29, 0.717) is 0 Å². The van der Waals surface area contributed by atoms with Crippen molar-refractivity contribution in [2.75, 3.05) is 0 Å². The Balaban J connectivity index is 2.89. The summed E-state index contributed by atoms with van der Waals surface area (Å²) >= 11 is 0. The summed E-state index contributed by atoms with van der Waals surface area (Å²) in [5.74, 6) is 0. The average molecular weight is 212 g/mol. The van der Waals surface area contributed by atoms with Crippen molar-refractivity contribution >= 4 is 16.2 Å². The Labute approximate surface area is 82.8 Å². The van der Waals surface area contributed by atoms with E-state index in [2.05, 4.69) is 17.4 Å². The highest BCUT2D eigenvalue weighted by Gasteiger charge is 2.12. The van der Waals surface area contributed by atoms with Gasteiger partial charge in [0.05, 0.1) is 5.41 Å². The highest BCUT2D eigenvalue weighted by Crippen LogP contribution is 1.95. The Morgan fingerprint density at radius 3 is 2.29 bits per heavy atom. The van der Waals surface area contributed by atoms with E-state index in [1.807, 2.05) is 0 Å². The maximum absolute atomic E-state index is 10.9. The van der Waals surface area contributed by atoms with E-state index in [1.165, 1.54) is 12.4 Å². The van der Waals surface area contributed by atoms with Gasteiger partial charge in [-0.3, -0.25) is 0 Å². The van der Waals surface area contributed by atoms with Crippen molar-refractivity contribution in [2.24, 2.45) is 0 Å². The fraction of sp³-hybridized carbons (Fsp3) is 0. The number of rotatable bonds is 4. The zero-order valence-corrected chi connectivity index (χ0v) is 8.28. The van der Waals surface area contributed by atoms with Crippen molar-refractivity contribution in [1.29, 1.82) is 0 Å². The van der Waals surface area contributed by atoms with Crippen molar-refractivity contribution in [3.8, 4) is 0 Å². The van der Waals surface area contributed by atoms with Crippen LogP contribution in [0.25, 0.3) is 6.08 Å². The van der Waals surface area contributed by atoms with Crippen LogP contribution in [0.15, 0.2) is 43.1 Å². The summed E-state index contributed by atoms with van der Waals surface area (Å²) in [4.78, 5) is 0. The molecule has 0 spiro atoms. The van der Waals surface area contributed by atoms with Crippen LogP contribution < -0.4 is 9.01 Å². The molecule has 0 fully saturated rings. The minimum Gasteiger partial charge on any atom is -0.176 e. The predicted molar refractivity (Wildman–Crippen MR) is 52.4 cm³/mol. The number of hydrogen-bond donors (Lipinski definition) is 0. The van der Waals surface area contributed by atoms with Crippen LogP contribution in [0.1, 0.15) is 5.56 Å². The molecular weight excluding hydrogens is 202 g/mol. The topological polar surface area (TPSA) is 47.2 Å². The van der Waals surface area contributed by atoms with Gasteiger partial charge in [0.2, 0.25) is 12.4 Å². The molecule has 1 aromatic rings. The standard InChI is InChI=1S/C9H10NO3S/c1-3-9-5-7-10(8-6-9)13-14(11,12)4-2/h3-8H,1-2H2/q+1. The van der Waals surface area contributed by atoms with Gasteiger partial charge in [0, 0.05) is 16.9 Å². The van der Waals surface area contributed by atoms with Gasteiger partial charge in [-0.15, -0.1) is 4.28 Å². The second kappa shape index (κ2) is 4.06.